The monoisotopic (exact) mass is 344 g/mol. The average Bonchev–Trinajstić information content (AvgIpc) is 2.86. The summed E-state index contributed by atoms with van der Waals surface area (Å²) in [6, 6.07) is 7.90. The number of thiophene rings is 1. The van der Waals surface area contributed by atoms with Crippen LogP contribution in [0.1, 0.15) is 16.0 Å². The lowest BCUT2D eigenvalue weighted by Crippen LogP contribution is -3.08. The highest BCUT2D eigenvalue weighted by atomic mass is 32.1. The fourth-order valence-electron chi connectivity index (χ4n) is 3.22. The first-order valence-electron chi connectivity index (χ1n) is 7.72. The van der Waals surface area contributed by atoms with Crippen LogP contribution in [0.2, 0.25) is 0 Å². The first kappa shape index (κ1) is 14.8. The van der Waals surface area contributed by atoms with Crippen molar-refractivity contribution in [2.45, 2.75) is 19.9 Å². The minimum Gasteiger partial charge on any atom is -0.333 e. The van der Waals surface area contributed by atoms with E-state index in [0.29, 0.717) is 4.77 Å². The molecule has 6 heteroatoms. The third-order valence-electron chi connectivity index (χ3n) is 4.49. The van der Waals surface area contributed by atoms with Crippen molar-refractivity contribution in [3.8, 4) is 5.69 Å². The molecule has 1 aliphatic heterocycles. The van der Waals surface area contributed by atoms with E-state index >= 15 is 0 Å². The van der Waals surface area contributed by atoms with Crippen LogP contribution in [0.5, 0.6) is 0 Å². The van der Waals surface area contributed by atoms with Crippen molar-refractivity contribution < 1.29 is 4.90 Å². The van der Waals surface area contributed by atoms with Crippen LogP contribution in [-0.4, -0.2) is 23.1 Å². The van der Waals surface area contributed by atoms with Gasteiger partial charge >= 0.3 is 0 Å². The topological polar surface area (TPSA) is 42.2 Å². The number of hydrogen-bond donors (Lipinski definition) is 2. The molecule has 23 heavy (non-hydrogen) atoms. The zero-order valence-corrected chi connectivity index (χ0v) is 14.7. The highest BCUT2D eigenvalue weighted by molar-refractivity contribution is 7.71. The standard InChI is InChI=1S/C17H17N3OS2/c1-10-3-5-11(6-4-10)20-16(21)14-12-7-8-19(2)9-13(12)23-15(14)18-17(20)22/h3-6H,7-9H2,1-2H3,(H,18,22)/p+1. The number of H-pyrrole nitrogens is 1. The number of rotatable bonds is 1. The van der Waals surface area contributed by atoms with Gasteiger partial charge in [0, 0.05) is 6.42 Å². The lowest BCUT2D eigenvalue weighted by atomic mass is 10.1. The van der Waals surface area contributed by atoms with E-state index in [4.69, 9.17) is 12.2 Å². The van der Waals surface area contributed by atoms with Crippen LogP contribution < -0.4 is 10.5 Å². The van der Waals surface area contributed by atoms with Gasteiger partial charge in [-0.25, -0.2) is 0 Å². The molecule has 4 nitrogen and oxygen atoms in total. The highest BCUT2D eigenvalue weighted by Crippen LogP contribution is 2.29. The Morgan fingerprint density at radius 3 is 2.78 bits per heavy atom. The van der Waals surface area contributed by atoms with Gasteiger partial charge in [-0.15, -0.1) is 11.3 Å². The van der Waals surface area contributed by atoms with Crippen LogP contribution in [0.4, 0.5) is 0 Å². The van der Waals surface area contributed by atoms with Crippen LogP contribution in [0, 0.1) is 11.7 Å². The number of nitrogens with one attached hydrogen (secondary N) is 2. The third kappa shape index (κ3) is 2.38. The van der Waals surface area contributed by atoms with Gasteiger partial charge in [-0.3, -0.25) is 9.36 Å². The van der Waals surface area contributed by atoms with Gasteiger partial charge < -0.3 is 9.88 Å². The molecule has 0 aliphatic carbocycles. The van der Waals surface area contributed by atoms with Crippen molar-refractivity contribution in [1.29, 1.82) is 0 Å². The summed E-state index contributed by atoms with van der Waals surface area (Å²) in [5.74, 6) is 0. The van der Waals surface area contributed by atoms with Crippen molar-refractivity contribution in [3.63, 3.8) is 0 Å². The van der Waals surface area contributed by atoms with Gasteiger partial charge in [0.05, 0.1) is 29.5 Å². The molecule has 0 radical (unpaired) electrons. The SMILES string of the molecule is Cc1ccc(-n2c(=S)[nH]c3sc4c(c3c2=O)CC[NH+](C)C4)cc1. The predicted octanol–water partition coefficient (Wildman–Crippen LogP) is 1.99. The van der Waals surface area contributed by atoms with Gasteiger partial charge in [-0.05, 0) is 36.8 Å². The number of hydrogen-bond acceptors (Lipinski definition) is 3. The number of fused-ring (bicyclic) bond motifs is 3. The molecular formula is C17H18N3OS2+. The summed E-state index contributed by atoms with van der Waals surface area (Å²) in [6.45, 7) is 4.09. The molecule has 3 aromatic rings. The van der Waals surface area contributed by atoms with E-state index < -0.39 is 0 Å². The molecule has 1 aromatic carbocycles. The number of likely N-dealkylation sites (N-methyl/N-ethyl adjacent to an activating group) is 1. The molecule has 1 atom stereocenters. The molecule has 0 amide bonds. The second kappa shape index (κ2) is 5.40. The Kier molecular flexibility index (Phi) is 3.48. The van der Waals surface area contributed by atoms with Crippen LogP contribution in [0.15, 0.2) is 29.1 Å². The van der Waals surface area contributed by atoms with Gasteiger partial charge in [-0.2, -0.15) is 0 Å². The molecule has 4 rings (SSSR count). The second-order valence-electron chi connectivity index (χ2n) is 6.25. The smallest absolute Gasteiger partial charge is 0.267 e. The molecule has 0 fully saturated rings. The zero-order valence-electron chi connectivity index (χ0n) is 13.1. The fraction of sp³-hybridized carbons (Fsp3) is 0.294. The summed E-state index contributed by atoms with van der Waals surface area (Å²) < 4.78 is 2.08. The molecule has 3 heterocycles. The van der Waals surface area contributed by atoms with Crippen LogP contribution in [0.3, 0.4) is 0 Å². The van der Waals surface area contributed by atoms with Gasteiger partial charge in [0.25, 0.3) is 5.56 Å². The summed E-state index contributed by atoms with van der Waals surface area (Å²) in [7, 11) is 2.19. The quantitative estimate of drug-likeness (QED) is 0.663. The van der Waals surface area contributed by atoms with Crippen LogP contribution in [0.25, 0.3) is 15.9 Å². The Labute approximate surface area is 143 Å². The third-order valence-corrected chi connectivity index (χ3v) is 5.92. The molecule has 0 spiro atoms. The van der Waals surface area contributed by atoms with Crippen molar-refractivity contribution in [2.75, 3.05) is 13.6 Å². The zero-order chi connectivity index (χ0) is 16.1. The lowest BCUT2D eigenvalue weighted by molar-refractivity contribution is -0.895. The number of aromatic amines is 1. The summed E-state index contributed by atoms with van der Waals surface area (Å²) in [4.78, 5) is 20.1. The summed E-state index contributed by atoms with van der Waals surface area (Å²) in [6.07, 6.45) is 0.953. The number of aromatic nitrogens is 2. The van der Waals surface area contributed by atoms with E-state index in [1.807, 2.05) is 31.2 Å². The van der Waals surface area contributed by atoms with E-state index in [1.165, 1.54) is 15.3 Å². The number of quaternary nitrogens is 1. The maximum Gasteiger partial charge on any atom is 0.267 e. The second-order valence-corrected chi connectivity index (χ2v) is 7.74. The summed E-state index contributed by atoms with van der Waals surface area (Å²) in [5.41, 5.74) is 3.20. The number of nitrogens with zero attached hydrogens (tertiary/aromatic N) is 1. The first-order valence-corrected chi connectivity index (χ1v) is 8.95. The molecule has 118 valence electrons. The van der Waals surface area contributed by atoms with Gasteiger partial charge in [0.15, 0.2) is 4.77 Å². The molecule has 2 N–H and O–H groups in total. The van der Waals surface area contributed by atoms with Gasteiger partial charge in [0.1, 0.15) is 11.4 Å². The lowest BCUT2D eigenvalue weighted by Gasteiger charge is -2.19. The molecule has 1 aliphatic rings. The van der Waals surface area contributed by atoms with Crippen LogP contribution >= 0.6 is 23.6 Å². The van der Waals surface area contributed by atoms with Crippen molar-refractivity contribution in [2.24, 2.45) is 0 Å². The van der Waals surface area contributed by atoms with E-state index in [-0.39, 0.29) is 5.56 Å². The normalized spacial score (nSPS) is 17.4. The van der Waals surface area contributed by atoms with Gasteiger partial charge in [-0.1, -0.05) is 17.7 Å². The largest absolute Gasteiger partial charge is 0.333 e. The Morgan fingerprint density at radius 2 is 2.04 bits per heavy atom. The van der Waals surface area contributed by atoms with Crippen molar-refractivity contribution in [1.82, 2.24) is 9.55 Å². The van der Waals surface area contributed by atoms with Gasteiger partial charge in [0.2, 0.25) is 0 Å². The molecule has 0 saturated heterocycles. The summed E-state index contributed by atoms with van der Waals surface area (Å²) in [5, 5.41) is 0.826. The van der Waals surface area contributed by atoms with E-state index in [0.717, 1.165) is 41.0 Å². The predicted molar refractivity (Wildman–Crippen MR) is 96.5 cm³/mol. The van der Waals surface area contributed by atoms with Crippen molar-refractivity contribution in [3.05, 3.63) is 55.4 Å². The average molecular weight is 344 g/mol. The first-order chi connectivity index (χ1) is 11.0. The molecule has 0 saturated carbocycles. The molecule has 0 bridgehead atoms. The minimum absolute atomic E-state index is 0.00431. The molecule has 2 aromatic heterocycles. The Bertz CT molecular complexity index is 1010. The minimum atomic E-state index is 0.00431. The fourth-order valence-corrected chi connectivity index (χ4v) is 4.93. The van der Waals surface area contributed by atoms with E-state index in [9.17, 15) is 4.79 Å². The highest BCUT2D eigenvalue weighted by Gasteiger charge is 2.24. The Hall–Kier alpha value is -1.76. The Balaban J connectivity index is 2.02. The van der Waals surface area contributed by atoms with Crippen molar-refractivity contribution >= 4 is 33.8 Å². The number of benzene rings is 1. The number of aryl methyl sites for hydroxylation is 1. The van der Waals surface area contributed by atoms with Crippen LogP contribution in [-0.2, 0) is 13.0 Å². The van der Waals surface area contributed by atoms with E-state index in [1.54, 1.807) is 15.9 Å². The maximum absolute atomic E-state index is 13.1. The molecule has 1 unspecified atom stereocenters. The molecular weight excluding hydrogens is 326 g/mol. The van der Waals surface area contributed by atoms with E-state index in [2.05, 4.69) is 12.0 Å². The summed E-state index contributed by atoms with van der Waals surface area (Å²) >= 11 is 7.14. The Morgan fingerprint density at radius 1 is 1.30 bits per heavy atom. The maximum atomic E-state index is 13.1.